The van der Waals surface area contributed by atoms with Gasteiger partial charge in [-0.3, -0.25) is 0 Å². The van der Waals surface area contributed by atoms with E-state index in [0.717, 1.165) is 3.92 Å². The van der Waals surface area contributed by atoms with Crippen molar-refractivity contribution in [1.29, 1.82) is 0 Å². The van der Waals surface area contributed by atoms with Crippen molar-refractivity contribution < 1.29 is 4.43 Å². The minimum absolute atomic E-state index is 0.828. The summed E-state index contributed by atoms with van der Waals surface area (Å²) < 4.78 is 6.61. The van der Waals surface area contributed by atoms with E-state index in [2.05, 4.69) is 43.4 Å². The fourth-order valence-corrected chi connectivity index (χ4v) is 5.19. The molecule has 0 aromatic carbocycles. The highest BCUT2D eigenvalue weighted by Crippen LogP contribution is 2.24. The first-order valence-electron chi connectivity index (χ1n) is 5.79. The molecular weight excluding hydrogens is 303 g/mol. The quantitative estimate of drug-likeness (QED) is 0.274. The molecule has 0 saturated heterocycles. The van der Waals surface area contributed by atoms with E-state index in [1.807, 2.05) is 7.11 Å². The van der Waals surface area contributed by atoms with E-state index in [-0.39, 0.29) is 0 Å². The normalized spacial score (nSPS) is 14.4. The van der Waals surface area contributed by atoms with Crippen LogP contribution in [-0.4, -0.2) is 19.4 Å². The third-order valence-electron chi connectivity index (χ3n) is 3.21. The number of hydrogen-bond acceptors (Lipinski definition) is 1. The largest absolute Gasteiger partial charge is 0.420 e. The average molecular weight is 328 g/mol. The molecule has 0 saturated carbocycles. The van der Waals surface area contributed by atoms with Crippen molar-refractivity contribution in [2.24, 2.45) is 0 Å². The van der Waals surface area contributed by atoms with Crippen LogP contribution < -0.4 is 0 Å². The summed E-state index contributed by atoms with van der Waals surface area (Å²) in [5.41, 5.74) is 0. The Hall–Kier alpha value is 0.907. The summed E-state index contributed by atoms with van der Waals surface area (Å²) >= 11 is 2.51. The zero-order valence-electron chi connectivity index (χ0n) is 10.1. The molecule has 86 valence electrons. The molecular formula is C11H25IOSi. The molecule has 0 aliphatic carbocycles. The fourth-order valence-electron chi connectivity index (χ4n) is 1.87. The predicted molar refractivity (Wildman–Crippen MR) is 75.9 cm³/mol. The van der Waals surface area contributed by atoms with Crippen LogP contribution in [0.2, 0.25) is 18.1 Å². The molecule has 1 nitrogen and oxygen atoms in total. The van der Waals surface area contributed by atoms with Crippen molar-refractivity contribution in [2.45, 2.75) is 62.1 Å². The van der Waals surface area contributed by atoms with Crippen LogP contribution in [0.1, 0.15) is 40.0 Å². The monoisotopic (exact) mass is 328 g/mol. The van der Waals surface area contributed by atoms with Gasteiger partial charge in [-0.05, 0) is 24.6 Å². The maximum atomic E-state index is 5.78. The summed E-state index contributed by atoms with van der Waals surface area (Å²) in [5.74, 6) is 0. The van der Waals surface area contributed by atoms with Crippen molar-refractivity contribution >= 4 is 30.9 Å². The molecule has 3 heteroatoms. The Kier molecular flexibility index (Phi) is 8.63. The van der Waals surface area contributed by atoms with E-state index in [4.69, 9.17) is 4.43 Å². The second kappa shape index (κ2) is 8.10. The van der Waals surface area contributed by atoms with Gasteiger partial charge in [0.2, 0.25) is 0 Å². The highest BCUT2D eigenvalue weighted by Gasteiger charge is 2.28. The first kappa shape index (κ1) is 14.9. The average Bonchev–Trinajstić information content (AvgIpc) is 2.19. The molecule has 0 aliphatic rings. The molecule has 1 unspecified atom stereocenters. The molecule has 0 bridgehead atoms. The highest BCUT2D eigenvalue weighted by molar-refractivity contribution is 14.1. The molecule has 0 N–H and O–H groups in total. The minimum atomic E-state index is -1.29. The summed E-state index contributed by atoms with van der Waals surface area (Å²) in [6.45, 7) is 6.88. The van der Waals surface area contributed by atoms with Gasteiger partial charge in [0.1, 0.15) is 0 Å². The van der Waals surface area contributed by atoms with Gasteiger partial charge in [-0.1, -0.05) is 56.2 Å². The van der Waals surface area contributed by atoms with Crippen LogP contribution >= 0.6 is 22.6 Å². The van der Waals surface area contributed by atoms with Crippen LogP contribution in [0.15, 0.2) is 0 Å². The molecule has 14 heavy (non-hydrogen) atoms. The lowest BCUT2D eigenvalue weighted by atomic mass is 10.2. The Labute approximate surface area is 104 Å². The Morgan fingerprint density at radius 3 is 2.14 bits per heavy atom. The summed E-state index contributed by atoms with van der Waals surface area (Å²) in [6, 6.07) is 3.92. The SMILES string of the molecule is CC[Si](CC)(CCCCC(C)I)OC. The zero-order valence-corrected chi connectivity index (χ0v) is 13.3. The van der Waals surface area contributed by atoms with Crippen LogP contribution in [0, 0.1) is 0 Å². The fraction of sp³-hybridized carbons (Fsp3) is 1.00. The van der Waals surface area contributed by atoms with E-state index < -0.39 is 8.32 Å². The van der Waals surface area contributed by atoms with Crippen molar-refractivity contribution in [3.05, 3.63) is 0 Å². The lowest BCUT2D eigenvalue weighted by Gasteiger charge is -2.27. The van der Waals surface area contributed by atoms with E-state index in [1.165, 1.54) is 37.4 Å². The van der Waals surface area contributed by atoms with Gasteiger partial charge in [0, 0.05) is 11.0 Å². The van der Waals surface area contributed by atoms with Crippen molar-refractivity contribution in [1.82, 2.24) is 0 Å². The summed E-state index contributed by atoms with van der Waals surface area (Å²) in [6.07, 6.45) is 4.11. The Morgan fingerprint density at radius 2 is 1.79 bits per heavy atom. The molecule has 0 amide bonds. The van der Waals surface area contributed by atoms with Gasteiger partial charge in [-0.2, -0.15) is 0 Å². The second-order valence-corrected chi connectivity index (χ2v) is 10.9. The molecule has 0 spiro atoms. The number of halogens is 1. The lowest BCUT2D eigenvalue weighted by molar-refractivity contribution is 0.389. The maximum Gasteiger partial charge on any atom is 0.191 e. The smallest absolute Gasteiger partial charge is 0.191 e. The van der Waals surface area contributed by atoms with Crippen LogP contribution in [-0.2, 0) is 4.43 Å². The highest BCUT2D eigenvalue weighted by atomic mass is 127. The van der Waals surface area contributed by atoms with E-state index in [9.17, 15) is 0 Å². The van der Waals surface area contributed by atoms with Gasteiger partial charge >= 0.3 is 0 Å². The van der Waals surface area contributed by atoms with Gasteiger partial charge in [0.05, 0.1) is 0 Å². The van der Waals surface area contributed by atoms with E-state index in [0.29, 0.717) is 0 Å². The Bertz CT molecular complexity index is 127. The lowest BCUT2D eigenvalue weighted by Crippen LogP contribution is -2.34. The number of unbranched alkanes of at least 4 members (excludes halogenated alkanes) is 1. The molecule has 0 aromatic heterocycles. The molecule has 1 atom stereocenters. The molecule has 0 fully saturated rings. The third kappa shape index (κ3) is 5.71. The molecule has 0 rings (SSSR count). The number of hydrogen-bond donors (Lipinski definition) is 0. The molecule has 0 heterocycles. The van der Waals surface area contributed by atoms with Gasteiger partial charge in [-0.25, -0.2) is 0 Å². The Morgan fingerprint density at radius 1 is 1.21 bits per heavy atom. The van der Waals surface area contributed by atoms with E-state index in [1.54, 1.807) is 0 Å². The predicted octanol–water partition coefficient (Wildman–Crippen LogP) is 4.61. The molecule has 0 radical (unpaired) electrons. The number of alkyl halides is 1. The topological polar surface area (TPSA) is 9.23 Å². The van der Waals surface area contributed by atoms with Crippen molar-refractivity contribution in [2.75, 3.05) is 7.11 Å². The Balaban J connectivity index is 3.71. The van der Waals surface area contributed by atoms with Crippen LogP contribution in [0.25, 0.3) is 0 Å². The van der Waals surface area contributed by atoms with Crippen LogP contribution in [0.3, 0.4) is 0 Å². The van der Waals surface area contributed by atoms with Crippen molar-refractivity contribution in [3.8, 4) is 0 Å². The number of rotatable bonds is 8. The molecule has 0 aliphatic heterocycles. The van der Waals surface area contributed by atoms with Crippen molar-refractivity contribution in [3.63, 3.8) is 0 Å². The first-order valence-corrected chi connectivity index (χ1v) is 9.57. The van der Waals surface area contributed by atoms with Crippen LogP contribution in [0.4, 0.5) is 0 Å². The summed E-state index contributed by atoms with van der Waals surface area (Å²) in [7, 11) is 0.625. The zero-order chi connectivity index (χ0) is 11.0. The standard InChI is InChI=1S/C11H25IOSi/c1-5-14(6-2,13-4)10-8-7-9-11(3)12/h11H,5-10H2,1-4H3. The summed E-state index contributed by atoms with van der Waals surface area (Å²) in [5, 5.41) is 0. The minimum Gasteiger partial charge on any atom is -0.420 e. The molecule has 0 aromatic rings. The second-order valence-electron chi connectivity index (χ2n) is 4.12. The van der Waals surface area contributed by atoms with Gasteiger partial charge in [0.15, 0.2) is 8.32 Å². The first-order chi connectivity index (χ1) is 6.60. The van der Waals surface area contributed by atoms with Gasteiger partial charge in [0.25, 0.3) is 0 Å². The summed E-state index contributed by atoms with van der Waals surface area (Å²) in [4.78, 5) is 0. The van der Waals surface area contributed by atoms with E-state index >= 15 is 0 Å². The van der Waals surface area contributed by atoms with Gasteiger partial charge in [-0.15, -0.1) is 0 Å². The van der Waals surface area contributed by atoms with Crippen LogP contribution in [0.5, 0.6) is 0 Å². The maximum absolute atomic E-state index is 5.78. The third-order valence-corrected chi connectivity index (χ3v) is 8.54. The van der Waals surface area contributed by atoms with Gasteiger partial charge < -0.3 is 4.43 Å².